The van der Waals surface area contributed by atoms with Crippen molar-refractivity contribution in [3.63, 3.8) is 0 Å². The molecular weight excluding hydrogens is 515 g/mol. The third-order valence-electron chi connectivity index (χ3n) is 7.22. The van der Waals surface area contributed by atoms with Crippen LogP contribution in [-0.4, -0.2) is 60.6 Å². The molecule has 0 saturated carbocycles. The van der Waals surface area contributed by atoms with Crippen molar-refractivity contribution in [2.45, 2.75) is 37.9 Å². The summed E-state index contributed by atoms with van der Waals surface area (Å²) in [6.07, 6.45) is -2.26. The van der Waals surface area contributed by atoms with Gasteiger partial charge in [-0.2, -0.15) is 23.0 Å². The first-order valence-corrected chi connectivity index (χ1v) is 12.6. The molecule has 0 radical (unpaired) electrons. The van der Waals surface area contributed by atoms with E-state index >= 15 is 0 Å². The molecule has 3 aromatic rings. The monoisotopic (exact) mass is 545 g/mol. The van der Waals surface area contributed by atoms with Crippen LogP contribution in [0, 0.1) is 0 Å². The Bertz CT molecular complexity index is 1420. The summed E-state index contributed by atoms with van der Waals surface area (Å²) in [4.78, 5) is 15.5. The van der Waals surface area contributed by atoms with Gasteiger partial charge >= 0.3 is 6.18 Å². The van der Waals surface area contributed by atoms with Crippen LogP contribution < -0.4 is 25.4 Å². The summed E-state index contributed by atoms with van der Waals surface area (Å²) < 4.78 is 54.4. The molecule has 12 heteroatoms. The number of hydrogen-bond donors (Lipinski definition) is 2. The van der Waals surface area contributed by atoms with Gasteiger partial charge in [-0.05, 0) is 61.6 Å². The largest absolute Gasteiger partial charge is 0.497 e. The molecule has 1 saturated heterocycles. The van der Waals surface area contributed by atoms with E-state index in [9.17, 15) is 23.2 Å². The average molecular weight is 546 g/mol. The normalized spacial score (nSPS) is 17.1. The summed E-state index contributed by atoms with van der Waals surface area (Å²) in [6.45, 7) is 1.04. The molecule has 0 spiro atoms. The number of methoxy groups -OCH3 is 2. The zero-order valence-electron chi connectivity index (χ0n) is 21.9. The minimum atomic E-state index is -4.71. The number of fused-ring (bicyclic) bond motifs is 1. The molecule has 1 aliphatic heterocycles. The van der Waals surface area contributed by atoms with Gasteiger partial charge in [0.2, 0.25) is 0 Å². The second-order valence-corrected chi connectivity index (χ2v) is 9.76. The van der Waals surface area contributed by atoms with Gasteiger partial charge in [0.05, 0.1) is 31.2 Å². The summed E-state index contributed by atoms with van der Waals surface area (Å²) in [5, 5.41) is 14.9. The fourth-order valence-electron chi connectivity index (χ4n) is 5.41. The molecule has 2 aromatic carbocycles. The Hall–Kier alpha value is -3.61. The van der Waals surface area contributed by atoms with Crippen LogP contribution in [0.5, 0.6) is 11.5 Å². The summed E-state index contributed by atoms with van der Waals surface area (Å²) >= 11 is 0. The van der Waals surface area contributed by atoms with Gasteiger partial charge in [-0.3, -0.25) is 10.0 Å². The Balaban J connectivity index is 1.68. The molecule has 0 bridgehead atoms. The number of hydrazine groups is 1. The third-order valence-corrected chi connectivity index (χ3v) is 7.22. The Morgan fingerprint density at radius 2 is 1.77 bits per heavy atom. The van der Waals surface area contributed by atoms with E-state index in [-0.39, 0.29) is 11.7 Å². The van der Waals surface area contributed by atoms with Crippen LogP contribution in [0.15, 0.2) is 41.2 Å². The van der Waals surface area contributed by atoms with Crippen LogP contribution in [0.4, 0.5) is 18.9 Å². The van der Waals surface area contributed by atoms with Crippen molar-refractivity contribution in [1.82, 2.24) is 20.4 Å². The molecule has 0 amide bonds. The Morgan fingerprint density at radius 3 is 2.41 bits per heavy atom. The molecule has 39 heavy (non-hydrogen) atoms. The number of aromatic nitrogens is 2. The number of rotatable bonds is 7. The lowest BCUT2D eigenvalue weighted by Gasteiger charge is -2.23. The van der Waals surface area contributed by atoms with Crippen molar-refractivity contribution in [2.24, 2.45) is 0 Å². The van der Waals surface area contributed by atoms with E-state index < -0.39 is 17.3 Å². The van der Waals surface area contributed by atoms with Crippen molar-refractivity contribution in [1.29, 1.82) is 0 Å². The summed E-state index contributed by atoms with van der Waals surface area (Å²) in [7, 11) is 4.48. The number of benzene rings is 2. The first-order valence-electron chi connectivity index (χ1n) is 12.6. The molecule has 1 fully saturated rings. The molecule has 9 nitrogen and oxygen atoms in total. The Kier molecular flexibility index (Phi) is 7.27. The van der Waals surface area contributed by atoms with Crippen molar-refractivity contribution < 1.29 is 27.9 Å². The summed E-state index contributed by atoms with van der Waals surface area (Å²) in [6, 6.07) is 8.85. The number of alkyl halides is 3. The van der Waals surface area contributed by atoms with Gasteiger partial charge in [0.15, 0.2) is 0 Å². The molecule has 2 N–H and O–H groups in total. The molecule has 1 unspecified atom stereocenters. The highest BCUT2D eigenvalue weighted by Crippen LogP contribution is 2.38. The van der Waals surface area contributed by atoms with Gasteiger partial charge in [-0.15, -0.1) is 5.17 Å². The predicted octanol–water partition coefficient (Wildman–Crippen LogP) is 3.83. The van der Waals surface area contributed by atoms with Gasteiger partial charge < -0.3 is 14.4 Å². The summed E-state index contributed by atoms with van der Waals surface area (Å²) in [5.74, 6) is 0.999. The number of hydrogen-bond acceptors (Lipinski definition) is 8. The van der Waals surface area contributed by atoms with E-state index in [4.69, 9.17) is 9.47 Å². The van der Waals surface area contributed by atoms with Crippen molar-refractivity contribution in [3.05, 3.63) is 63.4 Å². The lowest BCUT2D eigenvalue weighted by Crippen LogP contribution is -2.41. The van der Waals surface area contributed by atoms with Crippen LogP contribution in [-0.2, 0) is 19.0 Å². The highest BCUT2D eigenvalue weighted by Gasteiger charge is 2.36. The number of nitrogens with one attached hydrogen (secondary N) is 1. The first-order chi connectivity index (χ1) is 18.6. The molecule has 2 heterocycles. The molecule has 208 valence electrons. The van der Waals surface area contributed by atoms with Crippen LogP contribution in [0.1, 0.15) is 29.5 Å². The maximum absolute atomic E-state index is 14.2. The van der Waals surface area contributed by atoms with Crippen LogP contribution in [0.2, 0.25) is 0 Å². The molecule has 1 aliphatic carbocycles. The molecule has 1 aromatic heterocycles. The van der Waals surface area contributed by atoms with E-state index in [0.29, 0.717) is 72.8 Å². The fourth-order valence-corrected chi connectivity index (χ4v) is 5.41. The van der Waals surface area contributed by atoms with Crippen LogP contribution >= 0.6 is 0 Å². The lowest BCUT2D eigenvalue weighted by molar-refractivity contribution is -0.137. The van der Waals surface area contributed by atoms with Crippen LogP contribution in [0.25, 0.3) is 16.9 Å². The maximum Gasteiger partial charge on any atom is 0.418 e. The highest BCUT2D eigenvalue weighted by molar-refractivity contribution is 5.69. The quantitative estimate of drug-likeness (QED) is 0.433. The molecule has 1 atom stereocenters. The smallest absolute Gasteiger partial charge is 0.418 e. The van der Waals surface area contributed by atoms with Crippen molar-refractivity contribution in [3.8, 4) is 28.4 Å². The Labute approximate surface area is 223 Å². The van der Waals surface area contributed by atoms with Gasteiger partial charge in [-0.25, -0.2) is 5.43 Å². The first kappa shape index (κ1) is 27.0. The lowest BCUT2D eigenvalue weighted by atomic mass is 10.0. The Morgan fingerprint density at radius 1 is 1.08 bits per heavy atom. The maximum atomic E-state index is 14.2. The van der Waals surface area contributed by atoms with E-state index in [1.54, 1.807) is 18.2 Å². The van der Waals surface area contributed by atoms with E-state index in [1.807, 2.05) is 4.90 Å². The molecular formula is C27H30F3N5O4. The second-order valence-electron chi connectivity index (χ2n) is 9.76. The van der Waals surface area contributed by atoms with Crippen LogP contribution in [0.3, 0.4) is 0 Å². The number of anilines is 1. The topological polar surface area (TPSA) is 92.1 Å². The number of halogens is 3. The van der Waals surface area contributed by atoms with Gasteiger partial charge in [-0.1, -0.05) is 0 Å². The minimum Gasteiger partial charge on any atom is -0.497 e. The number of hydroxylamine groups is 1. The zero-order valence-corrected chi connectivity index (χ0v) is 21.9. The zero-order chi connectivity index (χ0) is 27.9. The van der Waals surface area contributed by atoms with Crippen molar-refractivity contribution in [2.75, 3.05) is 39.3 Å². The molecule has 2 aliphatic rings. The predicted molar refractivity (Wildman–Crippen MR) is 139 cm³/mol. The second kappa shape index (κ2) is 10.5. The van der Waals surface area contributed by atoms with E-state index in [1.165, 1.54) is 33.4 Å². The third kappa shape index (κ3) is 5.32. The average Bonchev–Trinajstić information content (AvgIpc) is 3.58. The van der Waals surface area contributed by atoms with E-state index in [2.05, 4.69) is 10.5 Å². The van der Waals surface area contributed by atoms with Gasteiger partial charge in [0.1, 0.15) is 11.5 Å². The SMILES string of the molecule is COc1cc(OC)cc(-c2nn(-c3cc(N4CCC(NN(C)O)C4)ccc3C(F)(F)F)c(=O)c3c2CCC3)c1. The number of nitrogens with zero attached hydrogens (tertiary/aromatic N) is 4. The highest BCUT2D eigenvalue weighted by atomic mass is 19.4. The molecule has 5 rings (SSSR count). The standard InChI is InChI=1S/C27H30F3N5O4/c1-33(37)31-17-9-10-34(15-17)18-7-8-23(27(28,29)30)24(13-18)35-26(36)22-6-4-5-21(22)25(32-35)16-11-19(38-2)14-20(12-16)39-3/h7-8,11-14,17,31,37H,4-6,9-10,15H2,1-3H3. The number of ether oxygens (including phenoxy) is 2. The van der Waals surface area contributed by atoms with Gasteiger partial charge in [0, 0.05) is 49.1 Å². The fraction of sp³-hybridized carbons (Fsp3) is 0.407. The summed E-state index contributed by atoms with van der Waals surface area (Å²) in [5.41, 5.74) is 3.81. The van der Waals surface area contributed by atoms with E-state index in [0.717, 1.165) is 21.5 Å². The van der Waals surface area contributed by atoms with Gasteiger partial charge in [0.25, 0.3) is 5.56 Å². The van der Waals surface area contributed by atoms with Crippen molar-refractivity contribution >= 4 is 5.69 Å². The minimum absolute atomic E-state index is 0.0822.